The molecule has 0 aliphatic carbocycles. The summed E-state index contributed by atoms with van der Waals surface area (Å²) in [7, 11) is 1.59. The molecular formula is C25H31BrClN5O2. The van der Waals surface area contributed by atoms with Crippen LogP contribution < -0.4 is 10.2 Å². The van der Waals surface area contributed by atoms with E-state index in [2.05, 4.69) is 43.0 Å². The van der Waals surface area contributed by atoms with Gasteiger partial charge in [0.1, 0.15) is 5.82 Å². The minimum absolute atomic E-state index is 0.115. The number of rotatable bonds is 5. The number of anilines is 1. The molecule has 4 rings (SSSR count). The Morgan fingerprint density at radius 3 is 2.44 bits per heavy atom. The van der Waals surface area contributed by atoms with Gasteiger partial charge in [0, 0.05) is 68.1 Å². The summed E-state index contributed by atoms with van der Waals surface area (Å²) in [5.74, 6) is 0.660. The maximum atomic E-state index is 12.9. The number of nitrogens with zero attached hydrogens (tertiary/aromatic N) is 4. The Balaban J connectivity index is 1.36. The topological polar surface area (TPSA) is 68.8 Å². The van der Waals surface area contributed by atoms with E-state index >= 15 is 0 Å². The molecular weight excluding hydrogens is 518 g/mol. The van der Waals surface area contributed by atoms with Crippen molar-refractivity contribution in [2.24, 2.45) is 0 Å². The average Bonchev–Trinajstić information content (AvgIpc) is 2.88. The summed E-state index contributed by atoms with van der Waals surface area (Å²) >= 11 is 9.94. The van der Waals surface area contributed by atoms with Crippen molar-refractivity contribution in [2.45, 2.75) is 38.3 Å². The highest BCUT2D eigenvalue weighted by Gasteiger charge is 2.34. The molecule has 2 aromatic rings. The zero-order valence-corrected chi connectivity index (χ0v) is 22.0. The predicted octanol–water partition coefficient (Wildman–Crippen LogP) is 4.06. The lowest BCUT2D eigenvalue weighted by molar-refractivity contribution is 0.0490. The molecule has 2 fully saturated rings. The third kappa shape index (κ3) is 5.39. The van der Waals surface area contributed by atoms with Crippen LogP contribution in [0.3, 0.4) is 0 Å². The second-order valence-corrected chi connectivity index (χ2v) is 10.2. The van der Waals surface area contributed by atoms with Crippen molar-refractivity contribution in [3.05, 3.63) is 57.2 Å². The molecule has 0 unspecified atom stereocenters. The van der Waals surface area contributed by atoms with Crippen molar-refractivity contribution in [2.75, 3.05) is 44.7 Å². The van der Waals surface area contributed by atoms with Gasteiger partial charge in [-0.3, -0.25) is 14.5 Å². The minimum Gasteiger partial charge on any atom is -0.355 e. The maximum absolute atomic E-state index is 12.9. The van der Waals surface area contributed by atoms with Crippen molar-refractivity contribution in [1.82, 2.24) is 20.1 Å². The van der Waals surface area contributed by atoms with Crippen LogP contribution in [0.5, 0.6) is 0 Å². The Bertz CT molecular complexity index is 1030. The third-order valence-corrected chi connectivity index (χ3v) is 7.73. The second-order valence-electron chi connectivity index (χ2n) is 8.88. The van der Waals surface area contributed by atoms with Gasteiger partial charge in [-0.1, -0.05) is 34.5 Å². The summed E-state index contributed by atoms with van der Waals surface area (Å²) in [6.45, 7) is 6.40. The standard InChI is InChI=1S/C25H31BrClN5O2/c1-3-20-16-31(23-22(27)14-18(15-29-23)24(33)28-2)12-13-32(20)21-8-10-30(11-9-21)25(34)17-4-6-19(26)7-5-17/h4-7,14-15,20-21H,3,8-13,16H2,1-2H3,(H,28,33)/t20-/m0/s1. The monoisotopic (exact) mass is 547 g/mol. The first-order valence-corrected chi connectivity index (χ1v) is 13.0. The molecule has 9 heteroatoms. The Labute approximate surface area is 214 Å². The number of aromatic nitrogens is 1. The number of hydrogen-bond acceptors (Lipinski definition) is 5. The lowest BCUT2D eigenvalue weighted by atomic mass is 9.97. The van der Waals surface area contributed by atoms with E-state index in [0.717, 1.165) is 67.8 Å². The number of carbonyl (C=O) groups excluding carboxylic acids is 2. The van der Waals surface area contributed by atoms with Gasteiger partial charge in [-0.15, -0.1) is 0 Å². The van der Waals surface area contributed by atoms with Crippen LogP contribution in [-0.4, -0.2) is 78.5 Å². The van der Waals surface area contributed by atoms with E-state index in [1.807, 2.05) is 29.2 Å². The fraction of sp³-hybridized carbons (Fsp3) is 0.480. The summed E-state index contributed by atoms with van der Waals surface area (Å²) in [4.78, 5) is 36.1. The number of benzene rings is 1. The first kappa shape index (κ1) is 24.9. The van der Waals surface area contributed by atoms with Crippen molar-refractivity contribution < 1.29 is 9.59 Å². The molecule has 3 heterocycles. The van der Waals surface area contributed by atoms with Crippen LogP contribution >= 0.6 is 27.5 Å². The molecule has 2 aliphatic heterocycles. The van der Waals surface area contributed by atoms with Crippen LogP contribution in [0.15, 0.2) is 41.0 Å². The van der Waals surface area contributed by atoms with E-state index in [1.165, 1.54) is 0 Å². The van der Waals surface area contributed by atoms with E-state index in [-0.39, 0.29) is 11.8 Å². The first-order valence-electron chi connectivity index (χ1n) is 11.8. The van der Waals surface area contributed by atoms with Gasteiger partial charge < -0.3 is 15.1 Å². The molecule has 7 nitrogen and oxygen atoms in total. The van der Waals surface area contributed by atoms with E-state index in [1.54, 1.807) is 19.3 Å². The predicted molar refractivity (Wildman–Crippen MR) is 139 cm³/mol. The number of amides is 2. The van der Waals surface area contributed by atoms with Crippen molar-refractivity contribution >= 4 is 45.2 Å². The Hall–Kier alpha value is -2.16. The molecule has 1 aromatic heterocycles. The second kappa shape index (κ2) is 11.1. The van der Waals surface area contributed by atoms with Gasteiger partial charge in [-0.2, -0.15) is 0 Å². The fourth-order valence-corrected chi connectivity index (χ4v) is 5.56. The molecule has 0 radical (unpaired) electrons. The number of nitrogens with one attached hydrogen (secondary N) is 1. The molecule has 0 spiro atoms. The quantitative estimate of drug-likeness (QED) is 0.610. The van der Waals surface area contributed by atoms with Crippen LogP contribution in [0.1, 0.15) is 46.9 Å². The van der Waals surface area contributed by atoms with E-state index < -0.39 is 0 Å². The van der Waals surface area contributed by atoms with Gasteiger partial charge in [0.25, 0.3) is 11.8 Å². The molecule has 2 aliphatic rings. The van der Waals surface area contributed by atoms with Crippen molar-refractivity contribution in [3.8, 4) is 0 Å². The molecule has 0 saturated carbocycles. The molecule has 182 valence electrons. The van der Waals surface area contributed by atoms with Gasteiger partial charge in [-0.25, -0.2) is 4.98 Å². The number of carbonyl (C=O) groups is 2. The molecule has 0 bridgehead atoms. The largest absolute Gasteiger partial charge is 0.355 e. The summed E-state index contributed by atoms with van der Waals surface area (Å²) in [5, 5.41) is 3.11. The highest BCUT2D eigenvalue weighted by molar-refractivity contribution is 9.10. The summed E-state index contributed by atoms with van der Waals surface area (Å²) in [6, 6.07) is 10.1. The van der Waals surface area contributed by atoms with E-state index in [0.29, 0.717) is 22.7 Å². The molecule has 2 saturated heterocycles. The molecule has 1 aromatic carbocycles. The summed E-state index contributed by atoms with van der Waals surface area (Å²) in [5.41, 5.74) is 1.21. The fourth-order valence-electron chi connectivity index (χ4n) is 5.01. The number of piperazine rings is 1. The van der Waals surface area contributed by atoms with Crippen LogP contribution in [-0.2, 0) is 0 Å². The van der Waals surface area contributed by atoms with E-state index in [4.69, 9.17) is 11.6 Å². The van der Waals surface area contributed by atoms with Crippen molar-refractivity contribution in [3.63, 3.8) is 0 Å². The minimum atomic E-state index is -0.192. The highest BCUT2D eigenvalue weighted by Crippen LogP contribution is 2.30. The van der Waals surface area contributed by atoms with Gasteiger partial charge in [0.05, 0.1) is 10.6 Å². The Kier molecular flexibility index (Phi) is 8.11. The molecule has 1 atom stereocenters. The number of likely N-dealkylation sites (tertiary alicyclic amines) is 1. The van der Waals surface area contributed by atoms with Gasteiger partial charge in [0.15, 0.2) is 0 Å². The number of piperidine rings is 1. The van der Waals surface area contributed by atoms with Crippen LogP contribution in [0, 0.1) is 0 Å². The molecule has 2 amide bonds. The number of pyridine rings is 1. The normalized spacial score (nSPS) is 19.8. The first-order chi connectivity index (χ1) is 16.4. The zero-order valence-electron chi connectivity index (χ0n) is 19.6. The SMILES string of the molecule is CC[C@H]1CN(c2ncc(C(=O)NC)cc2Cl)CCN1C1CCN(C(=O)c2ccc(Br)cc2)CC1. The average molecular weight is 549 g/mol. The van der Waals surface area contributed by atoms with Crippen LogP contribution in [0.2, 0.25) is 5.02 Å². The van der Waals surface area contributed by atoms with Gasteiger partial charge in [-0.05, 0) is 49.6 Å². The third-order valence-electron chi connectivity index (χ3n) is 6.92. The summed E-state index contributed by atoms with van der Waals surface area (Å²) in [6.07, 6.45) is 4.59. The van der Waals surface area contributed by atoms with Crippen molar-refractivity contribution in [1.29, 1.82) is 0 Å². The number of halogens is 2. The smallest absolute Gasteiger partial charge is 0.253 e. The van der Waals surface area contributed by atoms with Crippen LogP contribution in [0.4, 0.5) is 5.82 Å². The molecule has 1 N–H and O–H groups in total. The molecule has 34 heavy (non-hydrogen) atoms. The van der Waals surface area contributed by atoms with Gasteiger partial charge >= 0.3 is 0 Å². The Morgan fingerprint density at radius 2 is 1.82 bits per heavy atom. The van der Waals surface area contributed by atoms with Gasteiger partial charge in [0.2, 0.25) is 0 Å². The number of hydrogen-bond donors (Lipinski definition) is 1. The lowest BCUT2D eigenvalue weighted by Gasteiger charge is -2.47. The zero-order chi connectivity index (χ0) is 24.2. The lowest BCUT2D eigenvalue weighted by Crippen LogP contribution is -2.58. The maximum Gasteiger partial charge on any atom is 0.253 e. The van der Waals surface area contributed by atoms with Crippen LogP contribution in [0.25, 0.3) is 0 Å². The summed E-state index contributed by atoms with van der Waals surface area (Å²) < 4.78 is 0.978. The van der Waals surface area contributed by atoms with E-state index in [9.17, 15) is 9.59 Å². The highest BCUT2D eigenvalue weighted by atomic mass is 79.9. The Morgan fingerprint density at radius 1 is 1.12 bits per heavy atom.